The second kappa shape index (κ2) is 8.95. The molecular formula is C22H25F3N4O3. The van der Waals surface area contributed by atoms with Crippen molar-refractivity contribution in [3.63, 3.8) is 0 Å². The van der Waals surface area contributed by atoms with Crippen LogP contribution in [-0.2, 0) is 16.5 Å². The van der Waals surface area contributed by atoms with Gasteiger partial charge in [-0.1, -0.05) is 12.1 Å². The molecule has 0 spiro atoms. The summed E-state index contributed by atoms with van der Waals surface area (Å²) in [5, 5.41) is 13.6. The molecule has 2 aliphatic rings. The van der Waals surface area contributed by atoms with Crippen LogP contribution in [0, 0.1) is 0 Å². The summed E-state index contributed by atoms with van der Waals surface area (Å²) in [5.74, 6) is -0.110. The topological polar surface area (TPSA) is 77.9 Å². The van der Waals surface area contributed by atoms with Crippen molar-refractivity contribution in [2.24, 2.45) is 0 Å². The molecule has 1 aromatic carbocycles. The second-order valence-electron chi connectivity index (χ2n) is 8.00. The fraction of sp³-hybridized carbons (Fsp3) is 0.455. The molecule has 10 heteroatoms. The van der Waals surface area contributed by atoms with Crippen LogP contribution in [-0.4, -0.2) is 60.4 Å². The van der Waals surface area contributed by atoms with Crippen molar-refractivity contribution in [1.29, 1.82) is 0 Å². The average Bonchev–Trinajstić information content (AvgIpc) is 2.79. The maximum absolute atomic E-state index is 13.3. The summed E-state index contributed by atoms with van der Waals surface area (Å²) < 4.78 is 45.1. The Labute approximate surface area is 183 Å². The Morgan fingerprint density at radius 1 is 1.06 bits per heavy atom. The van der Waals surface area contributed by atoms with Crippen molar-refractivity contribution in [2.75, 3.05) is 49.6 Å². The van der Waals surface area contributed by atoms with Gasteiger partial charge in [-0.3, -0.25) is 0 Å². The van der Waals surface area contributed by atoms with Crippen LogP contribution in [0.4, 0.5) is 29.5 Å². The SMILES string of the molecule is O=C(Nc1ccc(C2(O)CCOCC2)cc1)N1CCN(c2ncccc2C(F)(F)F)CC1. The summed E-state index contributed by atoms with van der Waals surface area (Å²) in [7, 11) is 0. The molecule has 0 atom stereocenters. The summed E-state index contributed by atoms with van der Waals surface area (Å²) in [6, 6.07) is 9.02. The van der Waals surface area contributed by atoms with Crippen molar-refractivity contribution in [3.8, 4) is 0 Å². The van der Waals surface area contributed by atoms with E-state index in [0.29, 0.717) is 31.7 Å². The van der Waals surface area contributed by atoms with Gasteiger partial charge in [-0.2, -0.15) is 13.2 Å². The largest absolute Gasteiger partial charge is 0.419 e. The van der Waals surface area contributed by atoms with Gasteiger partial charge < -0.3 is 25.0 Å². The summed E-state index contributed by atoms with van der Waals surface area (Å²) in [6.45, 7) is 2.06. The van der Waals surface area contributed by atoms with Crippen molar-refractivity contribution in [3.05, 3.63) is 53.7 Å². The number of carbonyl (C=O) groups is 1. The molecule has 3 heterocycles. The summed E-state index contributed by atoms with van der Waals surface area (Å²) >= 11 is 0. The monoisotopic (exact) mass is 450 g/mol. The van der Waals surface area contributed by atoms with E-state index >= 15 is 0 Å². The lowest BCUT2D eigenvalue weighted by atomic mass is 9.86. The summed E-state index contributed by atoms with van der Waals surface area (Å²) in [5.41, 5.74) is -0.328. The quantitative estimate of drug-likeness (QED) is 0.749. The van der Waals surface area contributed by atoms with E-state index in [4.69, 9.17) is 4.74 Å². The molecule has 172 valence electrons. The first kappa shape index (κ1) is 22.3. The molecule has 2 saturated heterocycles. The first-order chi connectivity index (χ1) is 15.3. The maximum atomic E-state index is 13.3. The number of nitrogens with one attached hydrogen (secondary N) is 1. The molecule has 0 bridgehead atoms. The number of nitrogens with zero attached hydrogens (tertiary/aromatic N) is 3. The van der Waals surface area contributed by atoms with Crippen molar-refractivity contribution in [1.82, 2.24) is 9.88 Å². The minimum absolute atomic E-state index is 0.110. The van der Waals surface area contributed by atoms with Gasteiger partial charge in [0.25, 0.3) is 0 Å². The maximum Gasteiger partial charge on any atom is 0.419 e. The minimum Gasteiger partial charge on any atom is -0.385 e. The van der Waals surface area contributed by atoms with Gasteiger partial charge in [-0.05, 0) is 29.8 Å². The van der Waals surface area contributed by atoms with Crippen LogP contribution in [0.3, 0.4) is 0 Å². The lowest BCUT2D eigenvalue weighted by molar-refractivity contribution is -0.137. The van der Waals surface area contributed by atoms with Crippen LogP contribution in [0.2, 0.25) is 0 Å². The smallest absolute Gasteiger partial charge is 0.385 e. The second-order valence-corrected chi connectivity index (χ2v) is 8.00. The number of hydrogen-bond donors (Lipinski definition) is 2. The van der Waals surface area contributed by atoms with E-state index in [1.807, 2.05) is 0 Å². The predicted molar refractivity (Wildman–Crippen MR) is 112 cm³/mol. The molecule has 2 aromatic rings. The zero-order chi connectivity index (χ0) is 22.8. The molecule has 0 radical (unpaired) electrons. The van der Waals surface area contributed by atoms with Gasteiger partial charge in [0, 0.05) is 64.1 Å². The Balaban J connectivity index is 1.34. The lowest BCUT2D eigenvalue weighted by Gasteiger charge is -2.36. The Bertz CT molecular complexity index is 938. The number of ether oxygens (including phenoxy) is 1. The van der Waals surface area contributed by atoms with E-state index in [-0.39, 0.29) is 38.0 Å². The number of benzene rings is 1. The number of alkyl halides is 3. The third-order valence-electron chi connectivity index (χ3n) is 5.95. The normalized spacial score (nSPS) is 19.0. The number of amides is 2. The van der Waals surface area contributed by atoms with Crippen molar-refractivity contribution >= 4 is 17.5 Å². The summed E-state index contributed by atoms with van der Waals surface area (Å²) in [6.07, 6.45) is -2.10. The van der Waals surface area contributed by atoms with E-state index in [0.717, 1.165) is 11.6 Å². The highest BCUT2D eigenvalue weighted by atomic mass is 19.4. The third kappa shape index (κ3) is 4.81. The van der Waals surface area contributed by atoms with E-state index in [9.17, 15) is 23.1 Å². The lowest BCUT2D eigenvalue weighted by Crippen LogP contribution is -2.50. The van der Waals surface area contributed by atoms with Gasteiger partial charge in [0.05, 0.1) is 11.2 Å². The standard InChI is InChI=1S/C22H25F3N4O3/c23-22(24,25)18-2-1-9-26-19(18)28-10-12-29(13-11-28)20(30)27-17-5-3-16(4-6-17)21(31)7-14-32-15-8-21/h1-6,9,31H,7-8,10-15H2,(H,27,30). The van der Waals surface area contributed by atoms with E-state index in [1.54, 1.807) is 34.1 Å². The molecule has 1 aromatic heterocycles. The van der Waals surface area contributed by atoms with E-state index in [1.165, 1.54) is 12.3 Å². The van der Waals surface area contributed by atoms with Crippen LogP contribution in [0.1, 0.15) is 24.0 Å². The van der Waals surface area contributed by atoms with Gasteiger partial charge in [0.15, 0.2) is 0 Å². The highest BCUT2D eigenvalue weighted by Crippen LogP contribution is 2.35. The number of aliphatic hydroxyl groups is 1. The van der Waals surface area contributed by atoms with Gasteiger partial charge >= 0.3 is 12.2 Å². The molecule has 2 amide bonds. The van der Waals surface area contributed by atoms with Crippen molar-refractivity contribution in [2.45, 2.75) is 24.6 Å². The van der Waals surface area contributed by atoms with Crippen LogP contribution >= 0.6 is 0 Å². The molecule has 7 nitrogen and oxygen atoms in total. The molecular weight excluding hydrogens is 425 g/mol. The number of urea groups is 1. The number of rotatable bonds is 3. The Hall–Kier alpha value is -2.85. The molecule has 0 aliphatic carbocycles. The zero-order valence-electron chi connectivity index (χ0n) is 17.4. The molecule has 2 aliphatic heterocycles. The first-order valence-electron chi connectivity index (χ1n) is 10.5. The average molecular weight is 450 g/mol. The molecule has 0 saturated carbocycles. The Kier molecular flexibility index (Phi) is 6.25. The zero-order valence-corrected chi connectivity index (χ0v) is 17.4. The van der Waals surface area contributed by atoms with Crippen LogP contribution in [0.25, 0.3) is 0 Å². The molecule has 2 N–H and O–H groups in total. The number of piperazine rings is 1. The Morgan fingerprint density at radius 3 is 2.34 bits per heavy atom. The van der Waals surface area contributed by atoms with E-state index < -0.39 is 17.3 Å². The fourth-order valence-corrected chi connectivity index (χ4v) is 4.06. The number of halogens is 3. The van der Waals surface area contributed by atoms with Crippen LogP contribution in [0.5, 0.6) is 0 Å². The predicted octanol–water partition coefficient (Wildman–Crippen LogP) is 3.45. The number of aromatic nitrogens is 1. The number of carbonyl (C=O) groups excluding carboxylic acids is 1. The van der Waals surface area contributed by atoms with Gasteiger partial charge in [0.1, 0.15) is 5.82 Å². The molecule has 32 heavy (non-hydrogen) atoms. The Morgan fingerprint density at radius 2 is 1.72 bits per heavy atom. The summed E-state index contributed by atoms with van der Waals surface area (Å²) in [4.78, 5) is 19.7. The van der Waals surface area contributed by atoms with Gasteiger partial charge in [0.2, 0.25) is 0 Å². The van der Waals surface area contributed by atoms with Gasteiger partial charge in [-0.25, -0.2) is 9.78 Å². The van der Waals surface area contributed by atoms with Crippen LogP contribution in [0.15, 0.2) is 42.6 Å². The minimum atomic E-state index is -4.48. The first-order valence-corrected chi connectivity index (χ1v) is 10.5. The molecule has 0 unspecified atom stereocenters. The number of pyridine rings is 1. The number of hydrogen-bond acceptors (Lipinski definition) is 5. The number of anilines is 2. The van der Waals surface area contributed by atoms with Crippen molar-refractivity contribution < 1.29 is 27.8 Å². The van der Waals surface area contributed by atoms with Gasteiger partial charge in [-0.15, -0.1) is 0 Å². The fourth-order valence-electron chi connectivity index (χ4n) is 4.06. The third-order valence-corrected chi connectivity index (χ3v) is 5.95. The van der Waals surface area contributed by atoms with Crippen LogP contribution < -0.4 is 10.2 Å². The highest BCUT2D eigenvalue weighted by molar-refractivity contribution is 5.89. The molecule has 4 rings (SSSR count). The van der Waals surface area contributed by atoms with E-state index in [2.05, 4.69) is 10.3 Å². The highest BCUT2D eigenvalue weighted by Gasteiger charge is 2.36. The molecule has 2 fully saturated rings.